The zero-order chi connectivity index (χ0) is 43.6. The van der Waals surface area contributed by atoms with Crippen LogP contribution in [0.25, 0.3) is 0 Å². The van der Waals surface area contributed by atoms with E-state index in [1.54, 1.807) is 6.08 Å². The van der Waals surface area contributed by atoms with Crippen LogP contribution in [0, 0.1) is 0 Å². The van der Waals surface area contributed by atoms with Gasteiger partial charge in [0.15, 0.2) is 0 Å². The lowest BCUT2D eigenvalue weighted by molar-refractivity contribution is -0.870. The van der Waals surface area contributed by atoms with E-state index in [0.29, 0.717) is 17.4 Å². The van der Waals surface area contributed by atoms with Gasteiger partial charge in [-0.15, -0.1) is 0 Å². The minimum atomic E-state index is -4.32. The fourth-order valence-corrected chi connectivity index (χ4v) is 8.11. The zero-order valence-corrected chi connectivity index (χ0v) is 40.7. The predicted molar refractivity (Wildman–Crippen MR) is 254 cm³/mol. The van der Waals surface area contributed by atoms with Crippen LogP contribution in [0.5, 0.6) is 0 Å². The van der Waals surface area contributed by atoms with Gasteiger partial charge in [0.2, 0.25) is 5.91 Å². The molecule has 350 valence electrons. The lowest BCUT2D eigenvalue weighted by Gasteiger charge is -2.25. The number of unbranched alkanes of at least 4 members (excludes halogenated alkanes) is 31. The van der Waals surface area contributed by atoms with Gasteiger partial charge in [-0.1, -0.05) is 218 Å². The Labute approximate surface area is 366 Å². The number of aliphatic hydroxyl groups is 1. The molecular formula is C50H100N2O6P+. The Morgan fingerprint density at radius 2 is 0.932 bits per heavy atom. The summed E-state index contributed by atoms with van der Waals surface area (Å²) in [7, 11) is 1.57. The van der Waals surface area contributed by atoms with Crippen LogP contribution in [0.15, 0.2) is 24.3 Å². The summed E-state index contributed by atoms with van der Waals surface area (Å²) in [4.78, 5) is 22.9. The summed E-state index contributed by atoms with van der Waals surface area (Å²) in [6, 6.07) is -0.838. The number of allylic oxidation sites excluding steroid dienone is 3. The third-order valence-electron chi connectivity index (χ3n) is 11.4. The lowest BCUT2D eigenvalue weighted by atomic mass is 10.0. The highest BCUT2D eigenvalue weighted by atomic mass is 31.2. The van der Waals surface area contributed by atoms with Gasteiger partial charge in [0.25, 0.3) is 0 Å². The Morgan fingerprint density at radius 1 is 0.559 bits per heavy atom. The van der Waals surface area contributed by atoms with Crippen LogP contribution in [0.1, 0.15) is 239 Å². The number of nitrogens with one attached hydrogen (secondary N) is 1. The van der Waals surface area contributed by atoms with Crippen molar-refractivity contribution in [3.8, 4) is 0 Å². The molecule has 3 N–H and O–H groups in total. The first kappa shape index (κ1) is 58.0. The molecule has 3 atom stereocenters. The summed E-state index contributed by atoms with van der Waals surface area (Å²) in [6.07, 6.45) is 52.1. The standard InChI is InChI=1S/C50H99N2O6P/c1-6-8-10-12-13-14-15-16-17-18-19-20-21-22-23-24-25-26-27-28-29-30-31-32-33-34-35-36-37-38-39-40-42-44-50(54)51-48(49(53)43-41-11-9-7-2)47-58-59(55,56)57-46-45-52(3,4)5/h18-19,41,43,48-49,53H,6-17,20-40,42,44-47H2,1-5H3,(H-,51,54,55,56)/p+1/b19-18-,43-41+. The summed E-state index contributed by atoms with van der Waals surface area (Å²) >= 11 is 0. The number of carbonyl (C=O) groups is 1. The quantitative estimate of drug-likeness (QED) is 0.0244. The number of carbonyl (C=O) groups excluding carboxylic acids is 1. The number of amides is 1. The average molecular weight is 856 g/mol. The molecule has 59 heavy (non-hydrogen) atoms. The van der Waals surface area contributed by atoms with Crippen LogP contribution in [0.4, 0.5) is 0 Å². The van der Waals surface area contributed by atoms with Crippen molar-refractivity contribution in [2.24, 2.45) is 0 Å². The number of phosphoric ester groups is 1. The summed E-state index contributed by atoms with van der Waals surface area (Å²) in [5.41, 5.74) is 0. The van der Waals surface area contributed by atoms with E-state index in [1.807, 2.05) is 27.2 Å². The normalized spacial score (nSPS) is 14.4. The first-order valence-electron chi connectivity index (χ1n) is 25.2. The van der Waals surface area contributed by atoms with Gasteiger partial charge in [-0.25, -0.2) is 4.57 Å². The maximum Gasteiger partial charge on any atom is 0.472 e. The number of hydrogen-bond acceptors (Lipinski definition) is 5. The molecule has 0 radical (unpaired) electrons. The second-order valence-electron chi connectivity index (χ2n) is 18.5. The fourth-order valence-electron chi connectivity index (χ4n) is 7.38. The molecule has 8 nitrogen and oxygen atoms in total. The van der Waals surface area contributed by atoms with E-state index in [0.717, 1.165) is 38.5 Å². The molecule has 0 fully saturated rings. The molecule has 0 saturated carbocycles. The van der Waals surface area contributed by atoms with Crippen LogP contribution in [-0.4, -0.2) is 73.4 Å². The second kappa shape index (κ2) is 42.3. The number of quaternary nitrogens is 1. The smallest absolute Gasteiger partial charge is 0.387 e. The number of likely N-dealkylation sites (N-methyl/N-ethyl adjacent to an activating group) is 1. The third kappa shape index (κ3) is 44.8. The molecular weight excluding hydrogens is 756 g/mol. The van der Waals surface area contributed by atoms with Crippen molar-refractivity contribution in [1.82, 2.24) is 5.32 Å². The summed E-state index contributed by atoms with van der Waals surface area (Å²) in [5.74, 6) is -0.183. The van der Waals surface area contributed by atoms with Crippen LogP contribution < -0.4 is 5.32 Å². The molecule has 0 aliphatic rings. The summed E-state index contributed by atoms with van der Waals surface area (Å²) < 4.78 is 23.3. The first-order chi connectivity index (χ1) is 28.5. The second-order valence-corrected chi connectivity index (χ2v) is 20.0. The van der Waals surface area contributed by atoms with Crippen LogP contribution in [0.2, 0.25) is 0 Å². The van der Waals surface area contributed by atoms with Crippen molar-refractivity contribution in [3.63, 3.8) is 0 Å². The molecule has 0 aromatic rings. The highest BCUT2D eigenvalue weighted by Gasteiger charge is 2.27. The van der Waals surface area contributed by atoms with Crippen molar-refractivity contribution < 1.29 is 32.9 Å². The van der Waals surface area contributed by atoms with Gasteiger partial charge in [-0.05, 0) is 38.5 Å². The van der Waals surface area contributed by atoms with Crippen molar-refractivity contribution in [1.29, 1.82) is 0 Å². The molecule has 0 aromatic heterocycles. The largest absolute Gasteiger partial charge is 0.472 e. The zero-order valence-electron chi connectivity index (χ0n) is 39.8. The molecule has 9 heteroatoms. The van der Waals surface area contributed by atoms with Crippen LogP contribution >= 0.6 is 7.82 Å². The van der Waals surface area contributed by atoms with Crippen LogP contribution in [0.3, 0.4) is 0 Å². The summed E-state index contributed by atoms with van der Waals surface area (Å²) in [5, 5.41) is 13.6. The van der Waals surface area contributed by atoms with Crippen molar-refractivity contribution in [2.75, 3.05) is 40.9 Å². The van der Waals surface area contributed by atoms with E-state index in [2.05, 4.69) is 31.3 Å². The lowest BCUT2D eigenvalue weighted by Crippen LogP contribution is -2.45. The van der Waals surface area contributed by atoms with Gasteiger partial charge in [0.1, 0.15) is 13.2 Å². The minimum absolute atomic E-state index is 0.0621. The number of aliphatic hydroxyl groups excluding tert-OH is 1. The van der Waals surface area contributed by atoms with E-state index in [-0.39, 0.29) is 19.1 Å². The number of nitrogens with zero attached hydrogens (tertiary/aromatic N) is 1. The topological polar surface area (TPSA) is 105 Å². The Bertz CT molecular complexity index is 1020. The highest BCUT2D eigenvalue weighted by molar-refractivity contribution is 7.47. The van der Waals surface area contributed by atoms with Gasteiger partial charge in [-0.3, -0.25) is 13.8 Å². The Balaban J connectivity index is 3.72. The number of rotatable bonds is 46. The molecule has 0 rings (SSSR count). The molecule has 0 aliphatic carbocycles. The van der Waals surface area contributed by atoms with E-state index < -0.39 is 20.0 Å². The molecule has 3 unspecified atom stereocenters. The van der Waals surface area contributed by atoms with Gasteiger partial charge < -0.3 is 19.8 Å². The van der Waals surface area contributed by atoms with Crippen molar-refractivity contribution in [3.05, 3.63) is 24.3 Å². The van der Waals surface area contributed by atoms with Gasteiger partial charge >= 0.3 is 7.82 Å². The number of phosphoric acid groups is 1. The fraction of sp³-hybridized carbons (Fsp3) is 0.900. The maximum absolute atomic E-state index is 12.7. The molecule has 1 amide bonds. The maximum atomic E-state index is 12.7. The molecule has 0 heterocycles. The Hall–Kier alpha value is -1.02. The van der Waals surface area contributed by atoms with Gasteiger partial charge in [0, 0.05) is 6.42 Å². The van der Waals surface area contributed by atoms with Gasteiger partial charge in [0.05, 0.1) is 39.9 Å². The highest BCUT2D eigenvalue weighted by Crippen LogP contribution is 2.43. The molecule has 0 spiro atoms. The van der Waals surface area contributed by atoms with Crippen molar-refractivity contribution >= 4 is 13.7 Å². The Kier molecular flexibility index (Phi) is 41.6. The van der Waals surface area contributed by atoms with Crippen LogP contribution in [-0.2, 0) is 18.4 Å². The SMILES string of the molecule is CCCC/C=C/C(O)C(COP(=O)(O)OCC[N+](C)(C)C)NC(=O)CCCCCCCCCCCCCCCCCCCCCCC/C=C\CCCCCCCCCC. The summed E-state index contributed by atoms with van der Waals surface area (Å²) in [6.45, 7) is 4.67. The van der Waals surface area contributed by atoms with E-state index in [9.17, 15) is 19.4 Å². The van der Waals surface area contributed by atoms with Crippen molar-refractivity contribution in [2.45, 2.75) is 251 Å². The first-order valence-corrected chi connectivity index (χ1v) is 26.7. The third-order valence-corrected chi connectivity index (χ3v) is 12.4. The van der Waals surface area contributed by atoms with E-state index in [4.69, 9.17) is 9.05 Å². The number of hydrogen-bond donors (Lipinski definition) is 3. The average Bonchev–Trinajstić information content (AvgIpc) is 3.19. The predicted octanol–water partition coefficient (Wildman–Crippen LogP) is 14.5. The van der Waals surface area contributed by atoms with E-state index >= 15 is 0 Å². The Morgan fingerprint density at radius 3 is 1.34 bits per heavy atom. The molecule has 0 saturated heterocycles. The van der Waals surface area contributed by atoms with E-state index in [1.165, 1.54) is 180 Å². The monoisotopic (exact) mass is 856 g/mol. The molecule has 0 aromatic carbocycles. The molecule has 0 aliphatic heterocycles. The molecule has 0 bridgehead atoms. The van der Waals surface area contributed by atoms with Gasteiger partial charge in [-0.2, -0.15) is 0 Å². The minimum Gasteiger partial charge on any atom is -0.387 e.